The second kappa shape index (κ2) is 6.57. The first-order valence-corrected chi connectivity index (χ1v) is 7.46. The number of aromatic nitrogens is 3. The van der Waals surface area contributed by atoms with Crippen molar-refractivity contribution in [2.75, 3.05) is 5.32 Å². The Morgan fingerprint density at radius 1 is 1.22 bits per heavy atom. The maximum atomic E-state index is 12.1. The number of rotatable bonds is 4. The number of anilines is 1. The number of halogens is 1. The number of benzene rings is 1. The van der Waals surface area contributed by atoms with Crippen LogP contribution in [0.3, 0.4) is 0 Å². The number of carbonyl (C=O) groups excluding carboxylic acids is 1. The van der Waals surface area contributed by atoms with Crippen molar-refractivity contribution >= 4 is 27.5 Å². The summed E-state index contributed by atoms with van der Waals surface area (Å²) in [5.74, 6) is -0.868. The standard InChI is InChI=1S/C15H11BrN4O3/c16-10-4-6-11(7-5-10)18-13(21)9-20-14(19-23-15(20)22)12-3-1-2-8-17-12/h1-8H,9H2,(H,18,21). The number of amides is 1. The molecule has 3 aromatic rings. The van der Waals surface area contributed by atoms with Crippen LogP contribution in [-0.4, -0.2) is 20.6 Å². The SMILES string of the molecule is O=C(Cn1c(-c2ccccn2)noc1=O)Nc1ccc(Br)cc1. The Labute approximate surface area is 139 Å². The van der Waals surface area contributed by atoms with E-state index in [-0.39, 0.29) is 18.3 Å². The van der Waals surface area contributed by atoms with Crippen LogP contribution in [0.25, 0.3) is 11.5 Å². The normalized spacial score (nSPS) is 10.5. The van der Waals surface area contributed by atoms with E-state index in [0.29, 0.717) is 11.4 Å². The van der Waals surface area contributed by atoms with Crippen LogP contribution in [0.5, 0.6) is 0 Å². The van der Waals surface area contributed by atoms with Crippen LogP contribution in [-0.2, 0) is 11.3 Å². The van der Waals surface area contributed by atoms with Gasteiger partial charge < -0.3 is 5.32 Å². The summed E-state index contributed by atoms with van der Waals surface area (Å²) in [6.45, 7) is -0.218. The molecule has 0 fully saturated rings. The van der Waals surface area contributed by atoms with Crippen molar-refractivity contribution in [3.63, 3.8) is 0 Å². The number of carbonyl (C=O) groups is 1. The number of nitrogens with one attached hydrogen (secondary N) is 1. The molecule has 0 unspecified atom stereocenters. The monoisotopic (exact) mass is 374 g/mol. The van der Waals surface area contributed by atoms with Gasteiger partial charge in [-0.05, 0) is 36.4 Å². The molecule has 1 amide bonds. The Morgan fingerprint density at radius 2 is 2.00 bits per heavy atom. The molecule has 0 saturated carbocycles. The first-order valence-electron chi connectivity index (χ1n) is 6.67. The number of pyridine rings is 1. The van der Waals surface area contributed by atoms with Crippen molar-refractivity contribution in [2.24, 2.45) is 0 Å². The average Bonchev–Trinajstić information content (AvgIpc) is 2.91. The van der Waals surface area contributed by atoms with Gasteiger partial charge in [0.1, 0.15) is 12.2 Å². The van der Waals surface area contributed by atoms with Gasteiger partial charge in [-0.2, -0.15) is 0 Å². The van der Waals surface area contributed by atoms with E-state index >= 15 is 0 Å². The third-order valence-corrected chi connectivity index (χ3v) is 3.54. The highest BCUT2D eigenvalue weighted by molar-refractivity contribution is 9.10. The summed E-state index contributed by atoms with van der Waals surface area (Å²) in [6.07, 6.45) is 1.57. The lowest BCUT2D eigenvalue weighted by Crippen LogP contribution is -2.25. The van der Waals surface area contributed by atoms with Crippen molar-refractivity contribution in [1.29, 1.82) is 0 Å². The van der Waals surface area contributed by atoms with E-state index in [1.54, 1.807) is 48.7 Å². The zero-order chi connectivity index (χ0) is 16.2. The zero-order valence-corrected chi connectivity index (χ0v) is 13.4. The average molecular weight is 375 g/mol. The molecule has 2 heterocycles. The zero-order valence-electron chi connectivity index (χ0n) is 11.8. The van der Waals surface area contributed by atoms with Gasteiger partial charge in [0.05, 0.1) is 0 Å². The van der Waals surface area contributed by atoms with Crippen LogP contribution in [0.2, 0.25) is 0 Å². The van der Waals surface area contributed by atoms with Crippen LogP contribution < -0.4 is 11.1 Å². The summed E-state index contributed by atoms with van der Waals surface area (Å²) in [4.78, 5) is 28.0. The van der Waals surface area contributed by atoms with E-state index in [1.807, 2.05) is 0 Å². The molecule has 8 heteroatoms. The van der Waals surface area contributed by atoms with Crippen molar-refractivity contribution in [3.05, 3.63) is 63.7 Å². The molecule has 7 nitrogen and oxygen atoms in total. The predicted molar refractivity (Wildman–Crippen MR) is 86.8 cm³/mol. The minimum atomic E-state index is -0.711. The maximum absolute atomic E-state index is 12.1. The number of nitrogens with zero attached hydrogens (tertiary/aromatic N) is 3. The minimum Gasteiger partial charge on any atom is -0.325 e. The van der Waals surface area contributed by atoms with Gasteiger partial charge >= 0.3 is 5.76 Å². The molecule has 0 radical (unpaired) electrons. The Bertz CT molecular complexity index is 872. The first-order chi connectivity index (χ1) is 11.1. The molecule has 0 aliphatic heterocycles. The molecule has 116 valence electrons. The molecule has 1 N–H and O–H groups in total. The fourth-order valence-corrected chi connectivity index (χ4v) is 2.23. The van der Waals surface area contributed by atoms with E-state index in [4.69, 9.17) is 0 Å². The van der Waals surface area contributed by atoms with E-state index in [0.717, 1.165) is 9.04 Å². The fourth-order valence-electron chi connectivity index (χ4n) is 1.96. The van der Waals surface area contributed by atoms with Gasteiger partial charge in [0.2, 0.25) is 11.7 Å². The molecule has 2 aromatic heterocycles. The molecule has 0 aliphatic rings. The van der Waals surface area contributed by atoms with E-state index < -0.39 is 5.76 Å². The molecule has 0 spiro atoms. The smallest absolute Gasteiger partial charge is 0.325 e. The van der Waals surface area contributed by atoms with E-state index in [9.17, 15) is 9.59 Å². The molecular formula is C15H11BrN4O3. The van der Waals surface area contributed by atoms with Gasteiger partial charge in [-0.25, -0.2) is 9.36 Å². The van der Waals surface area contributed by atoms with Crippen LogP contribution >= 0.6 is 15.9 Å². The molecular weight excluding hydrogens is 364 g/mol. The fraction of sp³-hybridized carbons (Fsp3) is 0.0667. The van der Waals surface area contributed by atoms with Gasteiger partial charge in [-0.15, -0.1) is 0 Å². The molecule has 23 heavy (non-hydrogen) atoms. The Balaban J connectivity index is 1.80. The summed E-state index contributed by atoms with van der Waals surface area (Å²) >= 11 is 3.32. The molecule has 0 bridgehead atoms. The largest absolute Gasteiger partial charge is 0.442 e. The van der Waals surface area contributed by atoms with E-state index in [2.05, 4.69) is 35.9 Å². The summed E-state index contributed by atoms with van der Waals surface area (Å²) in [5, 5.41) is 6.39. The number of hydrogen-bond acceptors (Lipinski definition) is 5. The molecule has 1 aromatic carbocycles. The highest BCUT2D eigenvalue weighted by Gasteiger charge is 2.16. The molecule has 0 saturated heterocycles. The van der Waals surface area contributed by atoms with Crippen molar-refractivity contribution < 1.29 is 9.32 Å². The number of hydrogen-bond donors (Lipinski definition) is 1. The first kappa shape index (κ1) is 15.2. The summed E-state index contributed by atoms with van der Waals surface area (Å²) in [5.41, 5.74) is 1.08. The van der Waals surface area contributed by atoms with Gasteiger partial charge in [-0.1, -0.05) is 27.2 Å². The van der Waals surface area contributed by atoms with Crippen molar-refractivity contribution in [2.45, 2.75) is 6.54 Å². The predicted octanol–water partition coefficient (Wildman–Crippen LogP) is 2.30. The van der Waals surface area contributed by atoms with Crippen molar-refractivity contribution in [3.8, 4) is 11.5 Å². The summed E-state index contributed by atoms with van der Waals surface area (Å²) < 4.78 is 6.69. The lowest BCUT2D eigenvalue weighted by atomic mass is 10.3. The maximum Gasteiger partial charge on any atom is 0.442 e. The third-order valence-electron chi connectivity index (χ3n) is 3.01. The second-order valence-electron chi connectivity index (χ2n) is 4.63. The summed E-state index contributed by atoms with van der Waals surface area (Å²) in [7, 11) is 0. The van der Waals surface area contributed by atoms with Crippen LogP contribution in [0.1, 0.15) is 0 Å². The van der Waals surface area contributed by atoms with Gasteiger partial charge in [0, 0.05) is 16.4 Å². The lowest BCUT2D eigenvalue weighted by molar-refractivity contribution is -0.116. The Morgan fingerprint density at radius 3 is 2.70 bits per heavy atom. The van der Waals surface area contributed by atoms with Gasteiger partial charge in [0.15, 0.2) is 0 Å². The van der Waals surface area contributed by atoms with E-state index in [1.165, 1.54) is 0 Å². The Kier molecular flexibility index (Phi) is 4.33. The van der Waals surface area contributed by atoms with Gasteiger partial charge in [-0.3, -0.25) is 14.3 Å². The highest BCUT2D eigenvalue weighted by Crippen LogP contribution is 2.15. The third kappa shape index (κ3) is 3.54. The van der Waals surface area contributed by atoms with Crippen molar-refractivity contribution in [1.82, 2.24) is 14.7 Å². The van der Waals surface area contributed by atoms with Crippen LogP contribution in [0.4, 0.5) is 5.69 Å². The topological polar surface area (TPSA) is 90.0 Å². The lowest BCUT2D eigenvalue weighted by Gasteiger charge is -2.06. The molecule has 3 rings (SSSR count). The van der Waals surface area contributed by atoms with Gasteiger partial charge in [0.25, 0.3) is 0 Å². The summed E-state index contributed by atoms with van der Waals surface area (Å²) in [6, 6.07) is 12.3. The molecule has 0 atom stereocenters. The van der Waals surface area contributed by atoms with Crippen LogP contribution in [0, 0.1) is 0 Å². The molecule has 0 aliphatic carbocycles. The highest BCUT2D eigenvalue weighted by atomic mass is 79.9. The quantitative estimate of drug-likeness (QED) is 0.756. The minimum absolute atomic E-state index is 0.210. The second-order valence-corrected chi connectivity index (χ2v) is 5.54. The van der Waals surface area contributed by atoms with Crippen LogP contribution in [0.15, 0.2) is 62.5 Å². The Hall–Kier alpha value is -2.74.